The Kier molecular flexibility index (Phi) is 5.62. The normalized spacial score (nSPS) is 10.6. The fraction of sp³-hybridized carbons (Fsp3) is 0.0800. The summed E-state index contributed by atoms with van der Waals surface area (Å²) in [5, 5.41) is 13.4. The predicted molar refractivity (Wildman–Crippen MR) is 120 cm³/mol. The molecule has 0 saturated heterocycles. The summed E-state index contributed by atoms with van der Waals surface area (Å²) in [6.45, 7) is 1.94. The molecule has 0 aliphatic heterocycles. The van der Waals surface area contributed by atoms with Crippen LogP contribution in [0.3, 0.4) is 0 Å². The Morgan fingerprint density at radius 1 is 0.935 bits per heavy atom. The number of anilines is 2. The Morgan fingerprint density at radius 3 is 2.42 bits per heavy atom. The number of aromatic nitrogens is 1. The van der Waals surface area contributed by atoms with E-state index in [0.29, 0.717) is 22.3 Å². The number of rotatable bonds is 6. The van der Waals surface area contributed by atoms with Crippen LogP contribution in [0.5, 0.6) is 0 Å². The van der Waals surface area contributed by atoms with Crippen LogP contribution in [0, 0.1) is 0 Å². The summed E-state index contributed by atoms with van der Waals surface area (Å²) in [6, 6.07) is 22.1. The van der Waals surface area contributed by atoms with Crippen LogP contribution in [0.4, 0.5) is 11.4 Å². The van der Waals surface area contributed by atoms with Crippen LogP contribution in [-0.4, -0.2) is 28.6 Å². The average Bonchev–Trinajstić information content (AvgIpc) is 2.80. The van der Waals surface area contributed by atoms with Gasteiger partial charge in [0.05, 0.1) is 29.1 Å². The molecule has 0 saturated carbocycles. The fourth-order valence-corrected chi connectivity index (χ4v) is 3.49. The molecule has 0 amide bonds. The van der Waals surface area contributed by atoms with Crippen LogP contribution < -0.4 is 5.32 Å². The highest BCUT2D eigenvalue weighted by molar-refractivity contribution is 6.10. The fourth-order valence-electron chi connectivity index (χ4n) is 3.49. The molecular weight excluding hydrogens is 392 g/mol. The lowest BCUT2D eigenvalue weighted by atomic mass is 9.99. The zero-order valence-corrected chi connectivity index (χ0v) is 16.8. The molecule has 0 bridgehead atoms. The van der Waals surface area contributed by atoms with Gasteiger partial charge in [0.15, 0.2) is 0 Å². The number of para-hydroxylation sites is 2. The number of hydrogen-bond donors (Lipinski definition) is 2. The minimum Gasteiger partial charge on any atom is -0.478 e. The second kappa shape index (κ2) is 8.67. The van der Waals surface area contributed by atoms with Crippen molar-refractivity contribution in [2.45, 2.75) is 6.92 Å². The van der Waals surface area contributed by atoms with Crippen molar-refractivity contribution in [3.05, 3.63) is 90.1 Å². The molecule has 154 valence electrons. The van der Waals surface area contributed by atoms with Gasteiger partial charge in [-0.2, -0.15) is 0 Å². The number of carboxylic acid groups (broad SMARTS) is 1. The topological polar surface area (TPSA) is 88.5 Å². The number of benzene rings is 3. The van der Waals surface area contributed by atoms with Crippen LogP contribution >= 0.6 is 0 Å². The largest absolute Gasteiger partial charge is 0.478 e. The monoisotopic (exact) mass is 412 g/mol. The highest BCUT2D eigenvalue weighted by Crippen LogP contribution is 2.35. The van der Waals surface area contributed by atoms with Crippen LogP contribution in [0.15, 0.2) is 79.0 Å². The van der Waals surface area contributed by atoms with Gasteiger partial charge in [-0.3, -0.25) is 4.98 Å². The molecule has 6 nitrogen and oxygen atoms in total. The molecule has 0 atom stereocenters. The highest BCUT2D eigenvalue weighted by atomic mass is 16.5. The first-order chi connectivity index (χ1) is 15.1. The molecular formula is C25H20N2O4. The van der Waals surface area contributed by atoms with Crippen molar-refractivity contribution in [3.63, 3.8) is 0 Å². The van der Waals surface area contributed by atoms with Crippen molar-refractivity contribution in [2.75, 3.05) is 11.9 Å². The zero-order chi connectivity index (χ0) is 21.8. The second-order valence-electron chi connectivity index (χ2n) is 6.81. The molecule has 6 heteroatoms. The van der Waals surface area contributed by atoms with Gasteiger partial charge in [-0.05, 0) is 24.6 Å². The lowest BCUT2D eigenvalue weighted by Crippen LogP contribution is -2.11. The van der Waals surface area contributed by atoms with E-state index in [0.717, 1.165) is 11.1 Å². The third-order valence-electron chi connectivity index (χ3n) is 4.89. The molecule has 31 heavy (non-hydrogen) atoms. The number of hydrogen-bond acceptors (Lipinski definition) is 5. The molecule has 4 rings (SSSR count). The van der Waals surface area contributed by atoms with Crippen LogP contribution in [0.1, 0.15) is 27.6 Å². The quantitative estimate of drug-likeness (QED) is 0.405. The maximum atomic E-state index is 12.7. The molecule has 0 fully saturated rings. The summed E-state index contributed by atoms with van der Waals surface area (Å²) in [7, 11) is 0. The first kappa shape index (κ1) is 20.1. The maximum absolute atomic E-state index is 12.7. The maximum Gasteiger partial charge on any atom is 0.341 e. The number of ether oxygens (including phenoxy) is 1. The van der Waals surface area contributed by atoms with E-state index < -0.39 is 11.9 Å². The lowest BCUT2D eigenvalue weighted by molar-refractivity contribution is 0.0527. The van der Waals surface area contributed by atoms with E-state index in [1.165, 1.54) is 12.3 Å². The van der Waals surface area contributed by atoms with Crippen molar-refractivity contribution in [1.29, 1.82) is 0 Å². The van der Waals surface area contributed by atoms with Gasteiger partial charge in [-0.25, -0.2) is 9.59 Å². The molecule has 0 spiro atoms. The minimum atomic E-state index is -1.07. The van der Waals surface area contributed by atoms with Gasteiger partial charge in [-0.1, -0.05) is 60.7 Å². The van der Waals surface area contributed by atoms with E-state index in [2.05, 4.69) is 10.3 Å². The number of nitrogens with one attached hydrogen (secondary N) is 1. The molecule has 3 aromatic carbocycles. The van der Waals surface area contributed by atoms with Gasteiger partial charge >= 0.3 is 11.9 Å². The SMILES string of the molecule is CCOC(=O)c1cnc2c(-c3ccccc3)cccc2c1Nc1ccccc1C(=O)O. The number of carbonyl (C=O) groups is 2. The van der Waals surface area contributed by atoms with Crippen molar-refractivity contribution in [3.8, 4) is 11.1 Å². The molecule has 2 N–H and O–H groups in total. The Bertz CT molecular complexity index is 1270. The van der Waals surface area contributed by atoms with Crippen LogP contribution in [-0.2, 0) is 4.74 Å². The smallest absolute Gasteiger partial charge is 0.341 e. The van der Waals surface area contributed by atoms with Gasteiger partial charge in [0.2, 0.25) is 0 Å². The van der Waals surface area contributed by atoms with E-state index in [4.69, 9.17) is 4.74 Å². The van der Waals surface area contributed by atoms with Gasteiger partial charge in [0, 0.05) is 17.1 Å². The van der Waals surface area contributed by atoms with Gasteiger partial charge < -0.3 is 15.2 Å². The number of carboxylic acids is 1. The van der Waals surface area contributed by atoms with E-state index in [1.807, 2.05) is 48.5 Å². The Hall–Kier alpha value is -4.19. The van der Waals surface area contributed by atoms with Gasteiger partial charge in [-0.15, -0.1) is 0 Å². The summed E-state index contributed by atoms with van der Waals surface area (Å²) >= 11 is 0. The van der Waals surface area contributed by atoms with Crippen molar-refractivity contribution >= 4 is 34.2 Å². The Morgan fingerprint density at radius 2 is 1.68 bits per heavy atom. The lowest BCUT2D eigenvalue weighted by Gasteiger charge is -2.17. The van der Waals surface area contributed by atoms with Crippen LogP contribution in [0.25, 0.3) is 22.0 Å². The van der Waals surface area contributed by atoms with E-state index in [-0.39, 0.29) is 17.7 Å². The molecule has 4 aromatic rings. The molecule has 0 aliphatic carbocycles. The number of esters is 1. The standard InChI is InChI=1S/C25H20N2O4/c1-2-31-25(30)20-15-26-22-17(16-9-4-3-5-10-16)12-8-13-19(22)23(20)27-21-14-7-6-11-18(21)24(28)29/h3-15H,2H2,1H3,(H,26,27)(H,28,29). The zero-order valence-electron chi connectivity index (χ0n) is 16.8. The minimum absolute atomic E-state index is 0.0986. The van der Waals surface area contributed by atoms with E-state index in [9.17, 15) is 14.7 Å². The average molecular weight is 412 g/mol. The van der Waals surface area contributed by atoms with E-state index >= 15 is 0 Å². The highest BCUT2D eigenvalue weighted by Gasteiger charge is 2.20. The van der Waals surface area contributed by atoms with Crippen molar-refractivity contribution < 1.29 is 19.4 Å². The second-order valence-corrected chi connectivity index (χ2v) is 6.81. The van der Waals surface area contributed by atoms with Gasteiger partial charge in [0.25, 0.3) is 0 Å². The predicted octanol–water partition coefficient (Wildman–Crippen LogP) is 5.52. The number of pyridine rings is 1. The summed E-state index contributed by atoms with van der Waals surface area (Å²) in [6.07, 6.45) is 1.47. The molecule has 0 radical (unpaired) electrons. The van der Waals surface area contributed by atoms with Crippen molar-refractivity contribution in [1.82, 2.24) is 4.98 Å². The summed E-state index contributed by atoms with van der Waals surface area (Å²) in [4.78, 5) is 28.9. The van der Waals surface area contributed by atoms with Crippen LogP contribution in [0.2, 0.25) is 0 Å². The molecule has 1 heterocycles. The first-order valence-electron chi connectivity index (χ1n) is 9.83. The first-order valence-corrected chi connectivity index (χ1v) is 9.83. The molecule has 0 unspecified atom stereocenters. The summed E-state index contributed by atoms with van der Waals surface area (Å²) in [5.41, 5.74) is 3.75. The number of carbonyl (C=O) groups excluding carboxylic acids is 1. The van der Waals surface area contributed by atoms with E-state index in [1.54, 1.807) is 25.1 Å². The van der Waals surface area contributed by atoms with Gasteiger partial charge in [0.1, 0.15) is 5.56 Å². The number of nitrogens with zero attached hydrogens (tertiary/aromatic N) is 1. The number of aromatic carboxylic acids is 1. The number of fused-ring (bicyclic) bond motifs is 1. The Balaban J connectivity index is 1.95. The third kappa shape index (κ3) is 3.96. The molecule has 1 aromatic heterocycles. The van der Waals surface area contributed by atoms with Crippen molar-refractivity contribution in [2.24, 2.45) is 0 Å². The third-order valence-corrected chi connectivity index (χ3v) is 4.89. The summed E-state index contributed by atoms with van der Waals surface area (Å²) in [5.74, 6) is -1.60. The summed E-state index contributed by atoms with van der Waals surface area (Å²) < 4.78 is 5.21. The molecule has 0 aliphatic rings. The Labute approximate surface area is 179 Å².